The first-order chi connectivity index (χ1) is 24.8. The summed E-state index contributed by atoms with van der Waals surface area (Å²) in [6.45, 7) is 19.6. The highest BCUT2D eigenvalue weighted by Crippen LogP contribution is 2.24. The van der Waals surface area contributed by atoms with Crippen LogP contribution in [-0.2, 0) is 53.9 Å². The van der Waals surface area contributed by atoms with Gasteiger partial charge in [-0.05, 0) is 79.0 Å². The van der Waals surface area contributed by atoms with E-state index in [1.54, 1.807) is 39.0 Å². The maximum absolute atomic E-state index is 12.4. The van der Waals surface area contributed by atoms with Crippen LogP contribution in [0.2, 0.25) is 0 Å². The lowest BCUT2D eigenvalue weighted by Gasteiger charge is -2.20. The SMILES string of the molecule is C=C(C)C(=O)OC(C)COC(C)COC(C)COCCCOCC(C)OCC(C)OCC(C)OC(=O)CCc1cc(OC#CN)cc(OC#CN)c1. The molecule has 0 amide bonds. The number of ether oxygens (including phenoxy) is 10. The van der Waals surface area contributed by atoms with Crippen LogP contribution >= 0.6 is 0 Å². The molecular formula is C38H58N2O12. The van der Waals surface area contributed by atoms with Crippen LogP contribution in [-0.4, -0.2) is 101 Å². The minimum atomic E-state index is -0.446. The molecule has 0 aromatic heterocycles. The fraction of sp³-hybridized carbons (Fsp3) is 0.632. The predicted octanol–water partition coefficient (Wildman–Crippen LogP) is 3.61. The molecular weight excluding hydrogens is 676 g/mol. The molecule has 0 heterocycles. The van der Waals surface area contributed by atoms with E-state index in [4.69, 9.17) is 58.8 Å². The van der Waals surface area contributed by atoms with E-state index in [-0.39, 0.29) is 56.1 Å². The number of benzene rings is 1. The molecule has 4 N–H and O–H groups in total. The van der Waals surface area contributed by atoms with Crippen molar-refractivity contribution >= 4 is 11.9 Å². The van der Waals surface area contributed by atoms with Crippen LogP contribution in [0.15, 0.2) is 30.4 Å². The van der Waals surface area contributed by atoms with Crippen molar-refractivity contribution in [3.8, 4) is 35.8 Å². The van der Waals surface area contributed by atoms with Crippen molar-refractivity contribution in [1.29, 1.82) is 0 Å². The third-order valence-corrected chi connectivity index (χ3v) is 6.75. The molecule has 0 spiro atoms. The Morgan fingerprint density at radius 1 is 0.654 bits per heavy atom. The van der Waals surface area contributed by atoms with Gasteiger partial charge in [0.1, 0.15) is 35.9 Å². The lowest BCUT2D eigenvalue weighted by Crippen LogP contribution is -2.28. The maximum Gasteiger partial charge on any atom is 0.333 e. The summed E-state index contributed by atoms with van der Waals surface area (Å²) in [6, 6.07) is 9.32. The molecule has 0 bridgehead atoms. The molecule has 0 fully saturated rings. The number of hydrogen-bond donors (Lipinski definition) is 2. The Morgan fingerprint density at radius 3 is 1.52 bits per heavy atom. The van der Waals surface area contributed by atoms with Gasteiger partial charge in [0.05, 0.1) is 64.1 Å². The highest BCUT2D eigenvalue weighted by Gasteiger charge is 2.15. The van der Waals surface area contributed by atoms with Gasteiger partial charge in [-0.15, -0.1) is 0 Å². The predicted molar refractivity (Wildman–Crippen MR) is 194 cm³/mol. The molecule has 0 saturated carbocycles. The Morgan fingerprint density at radius 2 is 1.08 bits per heavy atom. The molecule has 14 heteroatoms. The molecule has 292 valence electrons. The first kappa shape index (κ1) is 46.0. The van der Waals surface area contributed by atoms with E-state index in [0.717, 1.165) is 12.0 Å². The summed E-state index contributed by atoms with van der Waals surface area (Å²) in [5.41, 5.74) is 11.4. The Labute approximate surface area is 309 Å². The maximum atomic E-state index is 12.4. The molecule has 6 atom stereocenters. The highest BCUT2D eigenvalue weighted by atomic mass is 16.6. The van der Waals surface area contributed by atoms with Crippen LogP contribution in [0, 0.1) is 24.3 Å². The van der Waals surface area contributed by atoms with Crippen molar-refractivity contribution in [2.75, 3.05) is 52.9 Å². The van der Waals surface area contributed by atoms with Gasteiger partial charge in [0.25, 0.3) is 0 Å². The van der Waals surface area contributed by atoms with E-state index >= 15 is 0 Å². The van der Waals surface area contributed by atoms with Gasteiger partial charge in [0, 0.05) is 43.4 Å². The highest BCUT2D eigenvalue weighted by molar-refractivity contribution is 5.87. The summed E-state index contributed by atoms with van der Waals surface area (Å²) in [7, 11) is 0. The van der Waals surface area contributed by atoms with E-state index in [2.05, 4.69) is 30.9 Å². The lowest BCUT2D eigenvalue weighted by molar-refractivity contribution is -0.153. The standard InChI is InChI=1S/C38H58N2O12/c1-27(2)38(42)52-33(8)26-50-31(6)24-48-29(4)22-44-15-9-14-43-21-28(3)47-23-30(5)49-25-32(7)51-37(41)11-10-34-18-35(45-16-12-39)20-36(19-34)46-17-13-40/h18-20,28-33H,1,9-11,14-15,21-26,39-40H2,2-8H3. The lowest BCUT2D eigenvalue weighted by atomic mass is 10.1. The normalized spacial score (nSPS) is 14.2. The second kappa shape index (κ2) is 27.6. The topological polar surface area (TPSA) is 178 Å². The van der Waals surface area contributed by atoms with Gasteiger partial charge in [0.15, 0.2) is 0 Å². The average molecular weight is 735 g/mol. The van der Waals surface area contributed by atoms with Gasteiger partial charge >= 0.3 is 11.9 Å². The molecule has 1 aromatic carbocycles. The molecule has 0 aliphatic heterocycles. The van der Waals surface area contributed by atoms with Crippen molar-refractivity contribution in [2.24, 2.45) is 11.5 Å². The van der Waals surface area contributed by atoms with Crippen LogP contribution in [0.3, 0.4) is 0 Å². The first-order valence-corrected chi connectivity index (χ1v) is 17.4. The molecule has 0 radical (unpaired) electrons. The Balaban J connectivity index is 2.14. The fourth-order valence-electron chi connectivity index (χ4n) is 4.10. The van der Waals surface area contributed by atoms with E-state index < -0.39 is 12.1 Å². The minimum Gasteiger partial charge on any atom is -0.460 e. The summed E-state index contributed by atoms with van der Waals surface area (Å²) in [6.07, 6.45) is 4.45. The second-order valence-corrected chi connectivity index (χ2v) is 12.4. The zero-order chi connectivity index (χ0) is 38.7. The number of rotatable bonds is 28. The summed E-state index contributed by atoms with van der Waals surface area (Å²) in [5.74, 6) is -0.0300. The summed E-state index contributed by atoms with van der Waals surface area (Å²) in [5, 5.41) is 0. The van der Waals surface area contributed by atoms with Gasteiger partial charge in [-0.1, -0.05) is 6.58 Å². The van der Waals surface area contributed by atoms with Gasteiger partial charge < -0.3 is 58.8 Å². The van der Waals surface area contributed by atoms with Crippen molar-refractivity contribution in [2.45, 2.75) is 104 Å². The molecule has 0 aliphatic rings. The van der Waals surface area contributed by atoms with Crippen LogP contribution < -0.4 is 20.9 Å². The van der Waals surface area contributed by atoms with Gasteiger partial charge in [-0.2, -0.15) is 0 Å². The van der Waals surface area contributed by atoms with Crippen molar-refractivity contribution in [1.82, 2.24) is 0 Å². The molecule has 14 nitrogen and oxygen atoms in total. The minimum absolute atomic E-state index is 0.0985. The quantitative estimate of drug-likeness (QED) is 0.0419. The first-order valence-electron chi connectivity index (χ1n) is 17.4. The Kier molecular flexibility index (Phi) is 24.4. The van der Waals surface area contributed by atoms with E-state index in [0.29, 0.717) is 63.1 Å². The Hall–Kier alpha value is -4.02. The van der Waals surface area contributed by atoms with Gasteiger partial charge in [-0.3, -0.25) is 4.79 Å². The van der Waals surface area contributed by atoms with Crippen LogP contribution in [0.4, 0.5) is 0 Å². The average Bonchev–Trinajstić information content (AvgIpc) is 3.11. The molecule has 52 heavy (non-hydrogen) atoms. The number of aryl methyl sites for hydroxylation is 1. The largest absolute Gasteiger partial charge is 0.460 e. The van der Waals surface area contributed by atoms with Crippen molar-refractivity contribution < 1.29 is 57.0 Å². The number of nitrogens with two attached hydrogens (primary N) is 2. The van der Waals surface area contributed by atoms with Crippen LogP contribution in [0.5, 0.6) is 11.5 Å². The summed E-state index contributed by atoms with van der Waals surface area (Å²) in [4.78, 5) is 24.0. The zero-order valence-electron chi connectivity index (χ0n) is 31.7. The van der Waals surface area contributed by atoms with Crippen LogP contribution in [0.1, 0.15) is 66.9 Å². The fourth-order valence-corrected chi connectivity index (χ4v) is 4.10. The monoisotopic (exact) mass is 734 g/mol. The van der Waals surface area contributed by atoms with Crippen LogP contribution in [0.25, 0.3) is 0 Å². The van der Waals surface area contributed by atoms with E-state index in [1.807, 2.05) is 27.7 Å². The second-order valence-electron chi connectivity index (χ2n) is 12.4. The van der Waals surface area contributed by atoms with E-state index in [1.165, 1.54) is 0 Å². The molecule has 6 unspecified atom stereocenters. The third kappa shape index (κ3) is 23.5. The molecule has 0 saturated heterocycles. The zero-order valence-corrected chi connectivity index (χ0v) is 31.7. The Bertz CT molecular complexity index is 1280. The third-order valence-electron chi connectivity index (χ3n) is 6.75. The van der Waals surface area contributed by atoms with E-state index in [9.17, 15) is 9.59 Å². The molecule has 1 rings (SSSR count). The molecule has 0 aliphatic carbocycles. The van der Waals surface area contributed by atoms with Crippen molar-refractivity contribution in [3.05, 3.63) is 35.9 Å². The number of carbonyl (C=O) groups is 2. The van der Waals surface area contributed by atoms with Gasteiger partial charge in [0.2, 0.25) is 0 Å². The summed E-state index contributed by atoms with van der Waals surface area (Å²) >= 11 is 0. The number of esters is 2. The molecule has 1 aromatic rings. The summed E-state index contributed by atoms with van der Waals surface area (Å²) < 4.78 is 55.7. The van der Waals surface area contributed by atoms with Gasteiger partial charge in [-0.25, -0.2) is 4.79 Å². The smallest absolute Gasteiger partial charge is 0.333 e. The number of hydrogen-bond acceptors (Lipinski definition) is 14. The van der Waals surface area contributed by atoms with Crippen molar-refractivity contribution in [3.63, 3.8) is 0 Å². The number of carbonyl (C=O) groups excluding carboxylic acids is 2.